The molecule has 1 unspecified atom stereocenters. The van der Waals surface area contributed by atoms with E-state index < -0.39 is 0 Å². The van der Waals surface area contributed by atoms with Gasteiger partial charge in [-0.05, 0) is 12.8 Å². The van der Waals surface area contributed by atoms with E-state index in [-0.39, 0.29) is 0 Å². The van der Waals surface area contributed by atoms with Crippen LogP contribution in [0.2, 0.25) is 0 Å². The van der Waals surface area contributed by atoms with E-state index in [0.717, 1.165) is 13.0 Å². The van der Waals surface area contributed by atoms with E-state index in [2.05, 4.69) is 7.05 Å². The van der Waals surface area contributed by atoms with Crippen LogP contribution in [0, 0.1) is 5.92 Å². The van der Waals surface area contributed by atoms with Gasteiger partial charge in [0.25, 0.3) is 0 Å². The zero-order chi connectivity index (χ0) is 8.55. The van der Waals surface area contributed by atoms with Gasteiger partial charge in [-0.15, -0.1) is 0 Å². The fraction of sp³-hybridized carbons (Fsp3) is 0.900. The lowest BCUT2D eigenvalue weighted by Gasteiger charge is -2.38. The number of carbonyl (C=O) groups excluding carboxylic acids is 1. The molecule has 0 spiro atoms. The molecule has 0 aromatic carbocycles. The van der Waals surface area contributed by atoms with E-state index >= 15 is 0 Å². The lowest BCUT2D eigenvalue weighted by Crippen LogP contribution is -3.15. The number of quaternary nitrogens is 1. The fourth-order valence-corrected chi connectivity index (χ4v) is 2.80. The summed E-state index contributed by atoms with van der Waals surface area (Å²) in [5.41, 5.74) is 0. The minimum absolute atomic E-state index is 0.424. The first-order chi connectivity index (χ1) is 5.79. The Morgan fingerprint density at radius 2 is 2.08 bits per heavy atom. The van der Waals surface area contributed by atoms with Gasteiger partial charge in [-0.1, -0.05) is 6.42 Å². The van der Waals surface area contributed by atoms with Crippen LogP contribution in [0.15, 0.2) is 0 Å². The molecule has 2 nitrogen and oxygen atoms in total. The molecule has 1 heterocycles. The highest BCUT2D eigenvalue weighted by molar-refractivity contribution is 5.82. The smallest absolute Gasteiger partial charge is 0.147 e. The van der Waals surface area contributed by atoms with Crippen LogP contribution in [0.5, 0.6) is 0 Å². The van der Waals surface area contributed by atoms with E-state index in [9.17, 15) is 4.79 Å². The van der Waals surface area contributed by atoms with Crippen LogP contribution < -0.4 is 4.90 Å². The Bertz CT molecular complexity index is 190. The van der Waals surface area contributed by atoms with Gasteiger partial charge in [0.15, 0.2) is 0 Å². The van der Waals surface area contributed by atoms with E-state index in [4.69, 9.17) is 0 Å². The summed E-state index contributed by atoms with van der Waals surface area (Å²) in [5.74, 6) is 0.970. The number of carbonyl (C=O) groups is 1. The molecule has 12 heavy (non-hydrogen) atoms. The summed E-state index contributed by atoms with van der Waals surface area (Å²) in [6.07, 6.45) is 5.89. The molecule has 1 N–H and O–H groups in total. The molecule has 0 aromatic rings. The Kier molecular flexibility index (Phi) is 2.18. The summed E-state index contributed by atoms with van der Waals surface area (Å²) < 4.78 is 0. The molecule has 0 radical (unpaired) electrons. The molecule has 1 saturated heterocycles. The second kappa shape index (κ2) is 3.17. The topological polar surface area (TPSA) is 21.5 Å². The van der Waals surface area contributed by atoms with Crippen LogP contribution >= 0.6 is 0 Å². The number of likely N-dealkylation sites (tertiary alicyclic amines) is 1. The summed E-state index contributed by atoms with van der Waals surface area (Å²) >= 11 is 0. The molecule has 0 amide bonds. The van der Waals surface area contributed by atoms with Crippen molar-refractivity contribution in [2.45, 2.75) is 38.1 Å². The van der Waals surface area contributed by atoms with Crippen LogP contribution in [-0.4, -0.2) is 25.4 Å². The average Bonchev–Trinajstić information content (AvgIpc) is 2.12. The number of ketones is 1. The van der Waals surface area contributed by atoms with Crippen molar-refractivity contribution in [3.8, 4) is 0 Å². The maximum atomic E-state index is 11.6. The third-order valence-corrected chi connectivity index (χ3v) is 3.58. The van der Waals surface area contributed by atoms with Crippen LogP contribution in [0.1, 0.15) is 32.1 Å². The van der Waals surface area contributed by atoms with Crippen LogP contribution in [0.25, 0.3) is 0 Å². The van der Waals surface area contributed by atoms with Crippen LogP contribution in [0.4, 0.5) is 0 Å². The van der Waals surface area contributed by atoms with Crippen molar-refractivity contribution in [3.63, 3.8) is 0 Å². The Hall–Kier alpha value is -0.370. The van der Waals surface area contributed by atoms with Crippen molar-refractivity contribution < 1.29 is 9.69 Å². The fourth-order valence-electron chi connectivity index (χ4n) is 2.80. The normalized spacial score (nSPS) is 42.4. The van der Waals surface area contributed by atoms with E-state index in [1.165, 1.54) is 25.7 Å². The molecule has 1 aliphatic heterocycles. The number of Topliss-reactive ketones (excluding diaryl/α,β-unsaturated/α-hetero) is 1. The SMILES string of the molecule is C[NH+]1CCC(=O)[C@H]2CCCC[C@@H]21. The van der Waals surface area contributed by atoms with Crippen molar-refractivity contribution in [3.05, 3.63) is 0 Å². The van der Waals surface area contributed by atoms with Crippen molar-refractivity contribution in [2.75, 3.05) is 13.6 Å². The van der Waals surface area contributed by atoms with Crippen molar-refractivity contribution in [1.29, 1.82) is 0 Å². The van der Waals surface area contributed by atoms with Gasteiger partial charge in [-0.2, -0.15) is 0 Å². The van der Waals surface area contributed by atoms with Crippen molar-refractivity contribution >= 4 is 5.78 Å². The Morgan fingerprint density at radius 1 is 1.33 bits per heavy atom. The maximum Gasteiger partial charge on any atom is 0.147 e. The number of hydrogen-bond donors (Lipinski definition) is 1. The van der Waals surface area contributed by atoms with Gasteiger partial charge in [0, 0.05) is 6.42 Å². The lowest BCUT2D eigenvalue weighted by atomic mass is 9.78. The largest absolute Gasteiger partial charge is 0.334 e. The number of rotatable bonds is 0. The molecule has 2 aliphatic rings. The molecule has 2 heteroatoms. The minimum Gasteiger partial charge on any atom is -0.334 e. The Labute approximate surface area is 73.9 Å². The maximum absolute atomic E-state index is 11.6. The number of nitrogens with one attached hydrogen (secondary N) is 1. The van der Waals surface area contributed by atoms with Crippen molar-refractivity contribution in [1.82, 2.24) is 0 Å². The summed E-state index contributed by atoms with van der Waals surface area (Å²) in [6.45, 7) is 1.07. The van der Waals surface area contributed by atoms with Crippen molar-refractivity contribution in [2.24, 2.45) is 5.92 Å². The predicted molar refractivity (Wildman–Crippen MR) is 47.1 cm³/mol. The highest BCUT2D eigenvalue weighted by Crippen LogP contribution is 2.25. The zero-order valence-electron chi connectivity index (χ0n) is 7.81. The van der Waals surface area contributed by atoms with Gasteiger partial charge < -0.3 is 4.90 Å². The first-order valence-corrected chi connectivity index (χ1v) is 5.14. The van der Waals surface area contributed by atoms with Gasteiger partial charge in [0.05, 0.1) is 32.0 Å². The van der Waals surface area contributed by atoms with E-state index in [0.29, 0.717) is 17.7 Å². The third-order valence-electron chi connectivity index (χ3n) is 3.58. The van der Waals surface area contributed by atoms with Gasteiger partial charge in [-0.25, -0.2) is 0 Å². The Morgan fingerprint density at radius 3 is 2.83 bits per heavy atom. The average molecular weight is 168 g/mol. The number of piperidine rings is 1. The molecular weight excluding hydrogens is 150 g/mol. The van der Waals surface area contributed by atoms with E-state index in [1.807, 2.05) is 0 Å². The molecule has 68 valence electrons. The predicted octanol–water partition coefficient (Wildman–Crippen LogP) is 0.0327. The zero-order valence-corrected chi connectivity index (χ0v) is 7.81. The molecule has 3 atom stereocenters. The lowest BCUT2D eigenvalue weighted by molar-refractivity contribution is -0.912. The quantitative estimate of drug-likeness (QED) is 0.541. The van der Waals surface area contributed by atoms with Gasteiger partial charge >= 0.3 is 0 Å². The first-order valence-electron chi connectivity index (χ1n) is 5.14. The molecule has 0 bridgehead atoms. The van der Waals surface area contributed by atoms with Crippen LogP contribution in [0.3, 0.4) is 0 Å². The minimum atomic E-state index is 0.424. The van der Waals surface area contributed by atoms with Crippen LogP contribution in [-0.2, 0) is 4.79 Å². The highest BCUT2D eigenvalue weighted by atomic mass is 16.1. The third kappa shape index (κ3) is 1.28. The first kappa shape index (κ1) is 8.24. The van der Waals surface area contributed by atoms with E-state index in [1.54, 1.807) is 4.90 Å². The van der Waals surface area contributed by atoms with Gasteiger partial charge in [0.2, 0.25) is 0 Å². The molecule has 2 fully saturated rings. The summed E-state index contributed by atoms with van der Waals surface area (Å²) in [5, 5.41) is 0. The molecular formula is C10H18NO+. The second-order valence-electron chi connectivity index (χ2n) is 4.31. The monoisotopic (exact) mass is 168 g/mol. The summed E-state index contributed by atoms with van der Waals surface area (Å²) in [4.78, 5) is 13.2. The second-order valence-corrected chi connectivity index (χ2v) is 4.31. The Balaban J connectivity index is 2.11. The van der Waals surface area contributed by atoms with Gasteiger partial charge in [0.1, 0.15) is 5.78 Å². The number of hydrogen-bond acceptors (Lipinski definition) is 1. The molecule has 2 rings (SSSR count). The standard InChI is InChI=1S/C10H17NO/c1-11-7-6-10(12)8-4-2-3-5-9(8)11/h8-9H,2-7H2,1H3/p+1/t8-,9-/m0/s1. The van der Waals surface area contributed by atoms with Gasteiger partial charge in [-0.3, -0.25) is 4.79 Å². The molecule has 1 saturated carbocycles. The summed E-state index contributed by atoms with van der Waals surface area (Å²) in [7, 11) is 2.25. The highest BCUT2D eigenvalue weighted by Gasteiger charge is 2.39. The number of fused-ring (bicyclic) bond motifs is 1. The molecule has 0 aromatic heterocycles. The summed E-state index contributed by atoms with van der Waals surface area (Å²) in [6, 6.07) is 0.667. The molecule has 1 aliphatic carbocycles.